The molecule has 0 spiro atoms. The quantitative estimate of drug-likeness (QED) is 0.753. The van der Waals surface area contributed by atoms with Crippen molar-refractivity contribution in [3.8, 4) is 5.75 Å². The van der Waals surface area contributed by atoms with Gasteiger partial charge in [0.1, 0.15) is 5.75 Å². The van der Waals surface area contributed by atoms with Crippen molar-refractivity contribution in [2.75, 3.05) is 14.2 Å². The lowest BCUT2D eigenvalue weighted by Gasteiger charge is -2.19. The number of aromatic nitrogens is 1. The van der Waals surface area contributed by atoms with Gasteiger partial charge in [-0.1, -0.05) is 12.1 Å². The molecule has 0 amide bonds. The summed E-state index contributed by atoms with van der Waals surface area (Å²) in [7, 11) is 2.07. The van der Waals surface area contributed by atoms with Crippen LogP contribution in [0.5, 0.6) is 5.75 Å². The van der Waals surface area contributed by atoms with E-state index >= 15 is 0 Å². The Balaban J connectivity index is 2.13. The zero-order valence-electron chi connectivity index (χ0n) is 12.2. The molecule has 110 valence electrons. The minimum absolute atomic E-state index is 0.494. The maximum absolute atomic E-state index is 9.46. The SMILES string of the molecule is COc1ccc(B(O)O)c(CN(C)Cc2cccnc2)c1. The van der Waals surface area contributed by atoms with Crippen LogP contribution < -0.4 is 10.2 Å². The first-order valence-electron chi connectivity index (χ1n) is 6.70. The Hall–Kier alpha value is -1.89. The topological polar surface area (TPSA) is 65.8 Å². The zero-order valence-corrected chi connectivity index (χ0v) is 12.2. The Morgan fingerprint density at radius 2 is 2.05 bits per heavy atom. The number of nitrogens with zero attached hydrogens (tertiary/aromatic N) is 2. The predicted octanol–water partition coefficient (Wildman–Crippen LogP) is 0.402. The van der Waals surface area contributed by atoms with Crippen molar-refractivity contribution in [3.63, 3.8) is 0 Å². The number of methoxy groups -OCH3 is 1. The van der Waals surface area contributed by atoms with Crippen molar-refractivity contribution >= 4 is 12.6 Å². The van der Waals surface area contributed by atoms with Gasteiger partial charge in [0.15, 0.2) is 0 Å². The summed E-state index contributed by atoms with van der Waals surface area (Å²) in [6.45, 7) is 1.31. The molecular weight excluding hydrogens is 267 g/mol. The molecular formula is C15H19BN2O3. The first kappa shape index (κ1) is 15.5. The van der Waals surface area contributed by atoms with Gasteiger partial charge in [0, 0.05) is 25.5 Å². The van der Waals surface area contributed by atoms with Gasteiger partial charge in [-0.3, -0.25) is 9.88 Å². The van der Waals surface area contributed by atoms with E-state index in [4.69, 9.17) is 4.74 Å². The fourth-order valence-electron chi connectivity index (χ4n) is 2.25. The maximum atomic E-state index is 9.46. The first-order valence-corrected chi connectivity index (χ1v) is 6.70. The molecule has 1 heterocycles. The van der Waals surface area contributed by atoms with Gasteiger partial charge < -0.3 is 14.8 Å². The molecule has 0 unspecified atom stereocenters. The molecule has 6 heteroatoms. The largest absolute Gasteiger partial charge is 0.497 e. The van der Waals surface area contributed by atoms with E-state index in [0.29, 0.717) is 17.8 Å². The van der Waals surface area contributed by atoms with Gasteiger partial charge in [0.05, 0.1) is 7.11 Å². The number of rotatable bonds is 6. The van der Waals surface area contributed by atoms with Crippen LogP contribution in [0, 0.1) is 0 Å². The van der Waals surface area contributed by atoms with Gasteiger partial charge in [0.2, 0.25) is 0 Å². The molecule has 0 saturated heterocycles. The van der Waals surface area contributed by atoms with Crippen molar-refractivity contribution in [2.45, 2.75) is 13.1 Å². The van der Waals surface area contributed by atoms with E-state index in [1.54, 1.807) is 25.4 Å². The summed E-state index contributed by atoms with van der Waals surface area (Å²) in [6.07, 6.45) is 3.57. The van der Waals surface area contributed by atoms with Gasteiger partial charge >= 0.3 is 7.12 Å². The maximum Gasteiger partial charge on any atom is 0.488 e. The summed E-state index contributed by atoms with van der Waals surface area (Å²) in [5, 5.41) is 18.9. The van der Waals surface area contributed by atoms with E-state index in [-0.39, 0.29) is 0 Å². The van der Waals surface area contributed by atoms with Gasteiger partial charge in [-0.15, -0.1) is 0 Å². The highest BCUT2D eigenvalue weighted by Gasteiger charge is 2.17. The molecule has 0 radical (unpaired) electrons. The molecule has 0 aliphatic heterocycles. The molecule has 0 saturated carbocycles. The van der Waals surface area contributed by atoms with Crippen molar-refractivity contribution in [3.05, 3.63) is 53.9 Å². The molecule has 1 aromatic heterocycles. The highest BCUT2D eigenvalue weighted by Crippen LogP contribution is 2.14. The molecule has 0 fully saturated rings. The second-order valence-corrected chi connectivity index (χ2v) is 4.97. The summed E-state index contributed by atoms with van der Waals surface area (Å²) in [5.41, 5.74) is 2.43. The molecule has 2 rings (SSSR count). The Bertz CT molecular complexity index is 578. The lowest BCUT2D eigenvalue weighted by Crippen LogP contribution is -2.35. The van der Waals surface area contributed by atoms with Crippen molar-refractivity contribution in [1.29, 1.82) is 0 Å². The molecule has 0 atom stereocenters. The highest BCUT2D eigenvalue weighted by molar-refractivity contribution is 6.59. The van der Waals surface area contributed by atoms with Crippen LogP contribution in [0.4, 0.5) is 0 Å². The second kappa shape index (κ2) is 7.22. The third kappa shape index (κ3) is 4.29. The smallest absolute Gasteiger partial charge is 0.488 e. The Labute approximate surface area is 125 Å². The van der Waals surface area contributed by atoms with Crippen LogP contribution in [0.3, 0.4) is 0 Å². The summed E-state index contributed by atoms with van der Waals surface area (Å²) < 4.78 is 5.20. The lowest BCUT2D eigenvalue weighted by atomic mass is 9.77. The van der Waals surface area contributed by atoms with Gasteiger partial charge in [-0.2, -0.15) is 0 Å². The number of ether oxygens (including phenoxy) is 1. The Morgan fingerprint density at radius 3 is 2.67 bits per heavy atom. The van der Waals surface area contributed by atoms with Crippen molar-refractivity contribution in [1.82, 2.24) is 9.88 Å². The van der Waals surface area contributed by atoms with Gasteiger partial charge in [-0.25, -0.2) is 0 Å². The first-order chi connectivity index (χ1) is 10.1. The average Bonchev–Trinajstić information content (AvgIpc) is 2.47. The van der Waals surface area contributed by atoms with Crippen LogP contribution >= 0.6 is 0 Å². The van der Waals surface area contributed by atoms with Crippen LogP contribution in [0.25, 0.3) is 0 Å². The van der Waals surface area contributed by atoms with E-state index < -0.39 is 7.12 Å². The number of benzene rings is 1. The van der Waals surface area contributed by atoms with Gasteiger partial charge in [-0.05, 0) is 41.8 Å². The van der Waals surface area contributed by atoms with Crippen molar-refractivity contribution < 1.29 is 14.8 Å². The molecule has 0 aliphatic rings. The summed E-state index contributed by atoms with van der Waals surface area (Å²) in [5.74, 6) is 0.698. The number of hydrogen-bond acceptors (Lipinski definition) is 5. The summed E-state index contributed by atoms with van der Waals surface area (Å²) in [6, 6.07) is 9.14. The third-order valence-corrected chi connectivity index (χ3v) is 3.24. The van der Waals surface area contributed by atoms with Gasteiger partial charge in [0.25, 0.3) is 0 Å². The second-order valence-electron chi connectivity index (χ2n) is 4.97. The van der Waals surface area contributed by atoms with E-state index in [0.717, 1.165) is 17.7 Å². The molecule has 2 aromatic rings. The van der Waals surface area contributed by atoms with Crippen LogP contribution in [0.15, 0.2) is 42.7 Å². The molecule has 0 aliphatic carbocycles. The summed E-state index contributed by atoms with van der Waals surface area (Å²) in [4.78, 5) is 6.17. The Morgan fingerprint density at radius 1 is 1.24 bits per heavy atom. The monoisotopic (exact) mass is 286 g/mol. The van der Waals surface area contributed by atoms with Crippen LogP contribution in [-0.2, 0) is 13.1 Å². The fourth-order valence-corrected chi connectivity index (χ4v) is 2.25. The number of pyridine rings is 1. The minimum Gasteiger partial charge on any atom is -0.497 e. The standard InChI is InChI=1S/C15H19BN2O3/c1-18(10-12-4-3-7-17-9-12)11-13-8-14(21-2)5-6-15(13)16(19)20/h3-9,19-20H,10-11H2,1-2H3. The fraction of sp³-hybridized carbons (Fsp3) is 0.267. The number of hydrogen-bond donors (Lipinski definition) is 2. The van der Waals surface area contributed by atoms with E-state index in [2.05, 4.69) is 9.88 Å². The van der Waals surface area contributed by atoms with E-state index in [9.17, 15) is 10.0 Å². The van der Waals surface area contributed by atoms with E-state index in [1.165, 1.54) is 0 Å². The van der Waals surface area contributed by atoms with Crippen molar-refractivity contribution in [2.24, 2.45) is 0 Å². The molecule has 5 nitrogen and oxygen atoms in total. The summed E-state index contributed by atoms with van der Waals surface area (Å²) >= 11 is 0. The molecule has 1 aromatic carbocycles. The minimum atomic E-state index is -1.49. The average molecular weight is 286 g/mol. The molecule has 0 bridgehead atoms. The van der Waals surface area contributed by atoms with Crippen LogP contribution in [0.2, 0.25) is 0 Å². The Kier molecular flexibility index (Phi) is 5.33. The normalized spacial score (nSPS) is 10.7. The van der Waals surface area contributed by atoms with E-state index in [1.807, 2.05) is 31.4 Å². The molecule has 2 N–H and O–H groups in total. The zero-order chi connectivity index (χ0) is 15.2. The predicted molar refractivity (Wildman–Crippen MR) is 82.2 cm³/mol. The molecule has 21 heavy (non-hydrogen) atoms. The van der Waals surface area contributed by atoms with Crippen LogP contribution in [-0.4, -0.2) is 41.2 Å². The highest BCUT2D eigenvalue weighted by atomic mass is 16.5. The lowest BCUT2D eigenvalue weighted by molar-refractivity contribution is 0.318. The van der Waals surface area contributed by atoms with Crippen LogP contribution in [0.1, 0.15) is 11.1 Å². The third-order valence-electron chi connectivity index (χ3n) is 3.24.